The first-order valence-corrected chi connectivity index (χ1v) is 10.1. The number of thioether (sulfide) groups is 1. The number of benzene rings is 2. The molecule has 0 saturated heterocycles. The summed E-state index contributed by atoms with van der Waals surface area (Å²) in [6.45, 7) is 12.4. The Morgan fingerprint density at radius 2 is 1.71 bits per heavy atom. The molecule has 1 heterocycles. The van der Waals surface area contributed by atoms with E-state index in [1.54, 1.807) is 11.8 Å². The van der Waals surface area contributed by atoms with E-state index >= 15 is 0 Å². The van der Waals surface area contributed by atoms with E-state index in [9.17, 15) is 0 Å². The van der Waals surface area contributed by atoms with Gasteiger partial charge in [-0.1, -0.05) is 85.1 Å². The summed E-state index contributed by atoms with van der Waals surface area (Å²) < 4.78 is 0. The lowest BCUT2D eigenvalue weighted by atomic mass is 10.0. The Bertz CT molecular complexity index is 987. The third kappa shape index (κ3) is 4.65. The molecule has 2 aromatic carbocycles. The van der Waals surface area contributed by atoms with Crippen molar-refractivity contribution >= 4 is 17.4 Å². The van der Waals surface area contributed by atoms with Crippen molar-refractivity contribution in [2.24, 2.45) is 0 Å². The molecule has 0 radical (unpaired) electrons. The van der Waals surface area contributed by atoms with Gasteiger partial charge in [0.2, 0.25) is 0 Å². The minimum Gasteiger partial charge on any atom is -0.316 e. The van der Waals surface area contributed by atoms with Gasteiger partial charge in [-0.2, -0.15) is 0 Å². The number of anilines is 1. The average molecular weight is 384 g/mol. The van der Waals surface area contributed by atoms with E-state index in [1.807, 2.05) is 30.4 Å². The number of hydrogen-bond acceptors (Lipinski definition) is 2. The van der Waals surface area contributed by atoms with E-state index in [0.717, 1.165) is 22.5 Å². The van der Waals surface area contributed by atoms with Crippen molar-refractivity contribution < 1.29 is 0 Å². The molecule has 28 heavy (non-hydrogen) atoms. The van der Waals surface area contributed by atoms with E-state index in [0.29, 0.717) is 0 Å². The van der Waals surface area contributed by atoms with Crippen LogP contribution >= 0.6 is 11.8 Å². The van der Waals surface area contributed by atoms with Crippen LogP contribution in [-0.2, 0) is 0 Å². The van der Waals surface area contributed by atoms with Crippen LogP contribution in [0.15, 0.2) is 125 Å². The van der Waals surface area contributed by atoms with Gasteiger partial charge in [-0.25, -0.2) is 0 Å². The van der Waals surface area contributed by atoms with Crippen LogP contribution in [-0.4, -0.2) is 0 Å². The summed E-state index contributed by atoms with van der Waals surface area (Å²) in [4.78, 5) is 3.44. The molecule has 0 saturated carbocycles. The van der Waals surface area contributed by atoms with Gasteiger partial charge in [-0.15, -0.1) is 0 Å². The molecule has 1 aliphatic rings. The number of rotatable bonds is 4. The summed E-state index contributed by atoms with van der Waals surface area (Å²) in [6, 6.07) is 17.0. The van der Waals surface area contributed by atoms with Crippen LogP contribution in [0.2, 0.25) is 0 Å². The summed E-state index contributed by atoms with van der Waals surface area (Å²) >= 11 is 1.72. The maximum atomic E-state index is 4.27. The van der Waals surface area contributed by atoms with Gasteiger partial charge in [0.15, 0.2) is 0 Å². The molecule has 0 spiro atoms. The number of nitrogens with zero attached hydrogens (tertiary/aromatic N) is 1. The molecular weight excluding hydrogens is 358 g/mol. The maximum Gasteiger partial charge on any atom is 0.0600 e. The van der Waals surface area contributed by atoms with Gasteiger partial charge >= 0.3 is 0 Å². The third-order valence-corrected chi connectivity index (χ3v) is 5.57. The minimum atomic E-state index is 0.956. The van der Waals surface area contributed by atoms with Crippen LogP contribution < -0.4 is 4.90 Å². The highest BCUT2D eigenvalue weighted by molar-refractivity contribution is 8.02. The number of hydrogen-bond donors (Lipinski definition) is 0. The minimum absolute atomic E-state index is 0.956. The molecule has 0 aromatic heterocycles. The zero-order valence-corrected chi connectivity index (χ0v) is 17.2. The second-order valence-electron chi connectivity index (χ2n) is 6.63. The van der Waals surface area contributed by atoms with Crippen molar-refractivity contribution in [3.8, 4) is 0 Å². The van der Waals surface area contributed by atoms with Gasteiger partial charge in [-0.05, 0) is 49.3 Å². The summed E-state index contributed by atoms with van der Waals surface area (Å²) in [7, 11) is 0. The van der Waals surface area contributed by atoms with Crippen molar-refractivity contribution in [3.63, 3.8) is 0 Å². The molecule has 0 N–H and O–H groups in total. The highest BCUT2D eigenvalue weighted by atomic mass is 32.2. The monoisotopic (exact) mass is 383 g/mol. The molecule has 0 amide bonds. The van der Waals surface area contributed by atoms with Crippen molar-refractivity contribution in [1.82, 2.24) is 0 Å². The summed E-state index contributed by atoms with van der Waals surface area (Å²) in [5.74, 6) is 0. The van der Waals surface area contributed by atoms with Crippen LogP contribution in [0.5, 0.6) is 0 Å². The highest BCUT2D eigenvalue weighted by Crippen LogP contribution is 2.34. The lowest BCUT2D eigenvalue weighted by molar-refractivity contribution is 1.16. The summed E-state index contributed by atoms with van der Waals surface area (Å²) in [6.07, 6.45) is 12.0. The number of aryl methyl sites for hydroxylation is 2. The largest absolute Gasteiger partial charge is 0.316 e. The average Bonchev–Trinajstić information content (AvgIpc) is 2.69. The molecule has 0 unspecified atom stereocenters. The maximum absolute atomic E-state index is 4.27. The van der Waals surface area contributed by atoms with Gasteiger partial charge in [0.25, 0.3) is 0 Å². The first-order chi connectivity index (χ1) is 13.6. The molecule has 2 heteroatoms. The van der Waals surface area contributed by atoms with Gasteiger partial charge < -0.3 is 4.90 Å². The normalized spacial score (nSPS) is 19.4. The quantitative estimate of drug-likeness (QED) is 0.503. The van der Waals surface area contributed by atoms with Gasteiger partial charge in [0.1, 0.15) is 0 Å². The molecule has 1 aliphatic heterocycles. The topological polar surface area (TPSA) is 3.24 Å². The van der Waals surface area contributed by atoms with E-state index in [1.165, 1.54) is 16.0 Å². The van der Waals surface area contributed by atoms with Crippen molar-refractivity contribution in [2.75, 3.05) is 4.90 Å². The zero-order chi connectivity index (χ0) is 19.9. The summed E-state index contributed by atoms with van der Waals surface area (Å²) in [5.41, 5.74) is 6.70. The van der Waals surface area contributed by atoms with E-state index in [2.05, 4.69) is 92.0 Å². The Hall–Kier alpha value is -2.97. The van der Waals surface area contributed by atoms with Crippen LogP contribution in [0.3, 0.4) is 0 Å². The fourth-order valence-corrected chi connectivity index (χ4v) is 3.83. The molecule has 0 fully saturated rings. The van der Waals surface area contributed by atoms with Crippen molar-refractivity contribution in [2.45, 2.75) is 18.7 Å². The molecule has 140 valence electrons. The molecule has 0 atom stereocenters. The second kappa shape index (κ2) is 9.29. The Balaban J connectivity index is 2.12. The Kier molecular flexibility index (Phi) is 6.57. The first-order valence-electron chi connectivity index (χ1n) is 9.26. The lowest BCUT2D eigenvalue weighted by Crippen LogP contribution is -2.18. The third-order valence-electron chi connectivity index (χ3n) is 4.51. The van der Waals surface area contributed by atoms with Crippen LogP contribution in [0, 0.1) is 13.8 Å². The standard InChI is InChI=1S/C26H25NS/c1-5-10-24-21(3)11-8-9-18-27(23-16-14-20(2)15-17-23)25(24)19-28-26-13-7-6-12-22(26)4/h5-19H,1,3H2,2,4H3/b11-8-,18-9-,24-10-,25-19+. The molecule has 1 nitrogen and oxygen atoms in total. The Morgan fingerprint density at radius 1 is 0.964 bits per heavy atom. The fourth-order valence-electron chi connectivity index (χ4n) is 2.94. The summed E-state index contributed by atoms with van der Waals surface area (Å²) in [5, 5.41) is 2.20. The SMILES string of the molecule is C=C/C=C1/C(=C)/C=C\C=C/N(c2ccc(C)cc2)/C1=C/Sc1ccccc1C. The molecule has 0 bridgehead atoms. The van der Waals surface area contributed by atoms with Crippen LogP contribution in [0.25, 0.3) is 0 Å². The predicted octanol–water partition coefficient (Wildman–Crippen LogP) is 7.50. The van der Waals surface area contributed by atoms with E-state index in [-0.39, 0.29) is 0 Å². The Labute approximate surface area is 172 Å². The van der Waals surface area contributed by atoms with Gasteiger partial charge in [0.05, 0.1) is 5.70 Å². The van der Waals surface area contributed by atoms with E-state index in [4.69, 9.17) is 0 Å². The fraction of sp³-hybridized carbons (Fsp3) is 0.0769. The van der Waals surface area contributed by atoms with Gasteiger partial charge in [-0.3, -0.25) is 0 Å². The van der Waals surface area contributed by atoms with Crippen molar-refractivity contribution in [1.29, 1.82) is 0 Å². The molecular formula is C26H25NS. The first kappa shape index (κ1) is 19.8. The smallest absolute Gasteiger partial charge is 0.0600 e. The second-order valence-corrected chi connectivity index (χ2v) is 7.55. The van der Waals surface area contributed by atoms with Crippen molar-refractivity contribution in [3.05, 3.63) is 132 Å². The number of allylic oxidation sites excluding steroid dienone is 6. The Morgan fingerprint density at radius 3 is 2.43 bits per heavy atom. The molecule has 0 aliphatic carbocycles. The molecule has 3 rings (SSSR count). The van der Waals surface area contributed by atoms with Gasteiger partial charge in [0, 0.05) is 27.8 Å². The van der Waals surface area contributed by atoms with Crippen LogP contribution in [0.4, 0.5) is 5.69 Å². The molecule has 2 aromatic rings. The lowest BCUT2D eigenvalue weighted by Gasteiger charge is -2.27. The highest BCUT2D eigenvalue weighted by Gasteiger charge is 2.17. The zero-order valence-electron chi connectivity index (χ0n) is 16.4. The predicted molar refractivity (Wildman–Crippen MR) is 124 cm³/mol. The van der Waals surface area contributed by atoms with E-state index < -0.39 is 0 Å². The van der Waals surface area contributed by atoms with Crippen LogP contribution in [0.1, 0.15) is 11.1 Å².